The van der Waals surface area contributed by atoms with Gasteiger partial charge in [0.25, 0.3) is 0 Å². The van der Waals surface area contributed by atoms with Gasteiger partial charge in [0.05, 0.1) is 0 Å². The maximum atomic E-state index is 3.53. The molecule has 0 N–H and O–H groups in total. The second kappa shape index (κ2) is 3.51. The zero-order chi connectivity index (χ0) is 8.55. The highest BCUT2D eigenvalue weighted by Crippen LogP contribution is 2.41. The second-order valence-electron chi connectivity index (χ2n) is 3.26. The van der Waals surface area contributed by atoms with Crippen molar-refractivity contribution in [1.82, 2.24) is 0 Å². The average molecular weight is 290 g/mol. The Kier molecular flexibility index (Phi) is 2.56. The first-order valence-corrected chi connectivity index (χ1v) is 6.07. The van der Waals surface area contributed by atoms with Gasteiger partial charge >= 0.3 is 0 Å². The van der Waals surface area contributed by atoms with Crippen LogP contribution >= 0.6 is 31.9 Å². The lowest BCUT2D eigenvalue weighted by Crippen LogP contribution is -1.84. The molecule has 1 fully saturated rings. The third-order valence-corrected chi connectivity index (χ3v) is 3.64. The maximum absolute atomic E-state index is 3.53. The van der Waals surface area contributed by atoms with E-state index in [2.05, 4.69) is 50.1 Å². The fourth-order valence-electron chi connectivity index (χ4n) is 1.37. The van der Waals surface area contributed by atoms with Gasteiger partial charge in [-0.3, -0.25) is 0 Å². The molecule has 0 unspecified atom stereocenters. The summed E-state index contributed by atoms with van der Waals surface area (Å²) in [6.07, 6.45) is 2.76. The number of benzene rings is 1. The third-order valence-electron chi connectivity index (χ3n) is 2.26. The molecule has 2 rings (SSSR count). The van der Waals surface area contributed by atoms with Crippen molar-refractivity contribution in [3.8, 4) is 0 Å². The molecule has 0 nitrogen and oxygen atoms in total. The minimum absolute atomic E-state index is 0.857. The van der Waals surface area contributed by atoms with Gasteiger partial charge in [-0.2, -0.15) is 0 Å². The van der Waals surface area contributed by atoms with Crippen molar-refractivity contribution in [2.45, 2.75) is 24.1 Å². The van der Waals surface area contributed by atoms with Crippen LogP contribution in [0.1, 0.15) is 29.9 Å². The maximum Gasteiger partial charge on any atom is 0.0294 e. The Hall–Kier alpha value is 0.180. The van der Waals surface area contributed by atoms with Gasteiger partial charge in [-0.1, -0.05) is 44.0 Å². The summed E-state index contributed by atoms with van der Waals surface area (Å²) in [5.41, 5.74) is 2.87. The zero-order valence-corrected chi connectivity index (χ0v) is 9.86. The number of rotatable bonds is 2. The minimum Gasteiger partial charge on any atom is -0.0876 e. The van der Waals surface area contributed by atoms with Crippen molar-refractivity contribution in [3.05, 3.63) is 33.8 Å². The second-order valence-corrected chi connectivity index (χ2v) is 4.67. The molecule has 0 bridgehead atoms. The molecule has 0 radical (unpaired) electrons. The lowest BCUT2D eigenvalue weighted by atomic mass is 10.1. The zero-order valence-electron chi connectivity index (χ0n) is 6.69. The molecule has 1 aromatic carbocycles. The van der Waals surface area contributed by atoms with E-state index in [1.54, 1.807) is 0 Å². The molecule has 12 heavy (non-hydrogen) atoms. The molecule has 0 heterocycles. The third kappa shape index (κ3) is 1.74. The van der Waals surface area contributed by atoms with Gasteiger partial charge < -0.3 is 0 Å². The van der Waals surface area contributed by atoms with Crippen molar-refractivity contribution >= 4 is 31.9 Å². The van der Waals surface area contributed by atoms with Crippen LogP contribution in [-0.2, 0) is 5.33 Å². The largest absolute Gasteiger partial charge is 0.0876 e. The van der Waals surface area contributed by atoms with Crippen LogP contribution in [0.2, 0.25) is 0 Å². The molecule has 64 valence electrons. The SMILES string of the molecule is BrCc1cc(C2CC2)ccc1Br. The van der Waals surface area contributed by atoms with Gasteiger partial charge in [0, 0.05) is 9.80 Å². The Morgan fingerprint density at radius 1 is 1.33 bits per heavy atom. The van der Waals surface area contributed by atoms with Crippen LogP contribution in [0.3, 0.4) is 0 Å². The summed E-state index contributed by atoms with van der Waals surface area (Å²) in [6, 6.07) is 6.69. The first kappa shape index (κ1) is 8.76. The molecule has 2 heteroatoms. The van der Waals surface area contributed by atoms with E-state index in [1.807, 2.05) is 0 Å². The Labute approximate surface area is 89.6 Å². The number of halogens is 2. The van der Waals surface area contributed by atoms with Crippen LogP contribution in [-0.4, -0.2) is 0 Å². The molecular weight excluding hydrogens is 280 g/mol. The number of alkyl halides is 1. The molecular formula is C10H10Br2. The number of hydrogen-bond acceptors (Lipinski definition) is 0. The molecule has 1 aromatic rings. The van der Waals surface area contributed by atoms with E-state index >= 15 is 0 Å². The van der Waals surface area contributed by atoms with E-state index < -0.39 is 0 Å². The van der Waals surface area contributed by atoms with Crippen molar-refractivity contribution in [1.29, 1.82) is 0 Å². The van der Waals surface area contributed by atoms with Gasteiger partial charge in [-0.25, -0.2) is 0 Å². The monoisotopic (exact) mass is 288 g/mol. The summed E-state index contributed by atoms with van der Waals surface area (Å²) >= 11 is 7.01. The first-order valence-electron chi connectivity index (χ1n) is 4.15. The summed E-state index contributed by atoms with van der Waals surface area (Å²) in [5, 5.41) is 0.939. The van der Waals surface area contributed by atoms with E-state index in [0.717, 1.165) is 11.2 Å². The van der Waals surface area contributed by atoms with Crippen molar-refractivity contribution in [3.63, 3.8) is 0 Å². The smallest absolute Gasteiger partial charge is 0.0294 e. The number of hydrogen-bond donors (Lipinski definition) is 0. The molecule has 1 saturated carbocycles. The van der Waals surface area contributed by atoms with E-state index in [-0.39, 0.29) is 0 Å². The molecule has 1 aliphatic rings. The standard InChI is InChI=1S/C10H10Br2/c11-6-9-5-8(7-1-2-7)3-4-10(9)12/h3-5,7H,1-2,6H2. The molecule has 0 amide bonds. The summed E-state index contributed by atoms with van der Waals surface area (Å²) in [5.74, 6) is 0.857. The van der Waals surface area contributed by atoms with E-state index in [0.29, 0.717) is 0 Å². The van der Waals surface area contributed by atoms with Gasteiger partial charge in [-0.15, -0.1) is 0 Å². The van der Waals surface area contributed by atoms with Crippen molar-refractivity contribution < 1.29 is 0 Å². The van der Waals surface area contributed by atoms with Gasteiger partial charge in [-0.05, 0) is 36.0 Å². The predicted molar refractivity (Wildman–Crippen MR) is 58.7 cm³/mol. The van der Waals surface area contributed by atoms with Crippen LogP contribution in [0.5, 0.6) is 0 Å². The van der Waals surface area contributed by atoms with Gasteiger partial charge in [0.1, 0.15) is 0 Å². The van der Waals surface area contributed by atoms with Gasteiger partial charge in [0.15, 0.2) is 0 Å². The van der Waals surface area contributed by atoms with Crippen LogP contribution in [0, 0.1) is 0 Å². The van der Waals surface area contributed by atoms with Crippen molar-refractivity contribution in [2.75, 3.05) is 0 Å². The fourth-order valence-corrected chi connectivity index (χ4v) is 2.59. The highest BCUT2D eigenvalue weighted by atomic mass is 79.9. The fraction of sp³-hybridized carbons (Fsp3) is 0.400. The molecule has 0 saturated heterocycles. The Balaban J connectivity index is 2.33. The van der Waals surface area contributed by atoms with Gasteiger partial charge in [0.2, 0.25) is 0 Å². The quantitative estimate of drug-likeness (QED) is 0.715. The summed E-state index contributed by atoms with van der Waals surface area (Å²) < 4.78 is 1.21. The molecule has 0 aromatic heterocycles. The van der Waals surface area contributed by atoms with Crippen LogP contribution in [0.4, 0.5) is 0 Å². The Morgan fingerprint density at radius 3 is 2.67 bits per heavy atom. The predicted octanol–water partition coefficient (Wildman–Crippen LogP) is 4.22. The highest BCUT2D eigenvalue weighted by Gasteiger charge is 2.23. The van der Waals surface area contributed by atoms with Crippen LogP contribution in [0.25, 0.3) is 0 Å². The van der Waals surface area contributed by atoms with Crippen LogP contribution in [0.15, 0.2) is 22.7 Å². The Bertz CT molecular complexity index is 290. The molecule has 0 atom stereocenters. The van der Waals surface area contributed by atoms with Crippen LogP contribution < -0.4 is 0 Å². The lowest BCUT2D eigenvalue weighted by Gasteiger charge is -2.03. The van der Waals surface area contributed by atoms with E-state index in [1.165, 1.54) is 28.4 Å². The minimum atomic E-state index is 0.857. The molecule has 1 aliphatic carbocycles. The molecule has 0 spiro atoms. The first-order chi connectivity index (χ1) is 5.81. The highest BCUT2D eigenvalue weighted by molar-refractivity contribution is 9.10. The van der Waals surface area contributed by atoms with E-state index in [9.17, 15) is 0 Å². The Morgan fingerprint density at radius 2 is 2.08 bits per heavy atom. The lowest BCUT2D eigenvalue weighted by molar-refractivity contribution is 1.12. The summed E-state index contributed by atoms with van der Waals surface area (Å²) in [6.45, 7) is 0. The summed E-state index contributed by atoms with van der Waals surface area (Å²) in [4.78, 5) is 0. The molecule has 0 aliphatic heterocycles. The topological polar surface area (TPSA) is 0 Å². The van der Waals surface area contributed by atoms with Crippen molar-refractivity contribution in [2.24, 2.45) is 0 Å². The van der Waals surface area contributed by atoms with E-state index in [4.69, 9.17) is 0 Å². The summed E-state index contributed by atoms with van der Waals surface area (Å²) in [7, 11) is 0. The normalized spacial score (nSPS) is 16.5. The average Bonchev–Trinajstić information content (AvgIpc) is 2.88.